The van der Waals surface area contributed by atoms with Crippen LogP contribution in [0.2, 0.25) is 5.02 Å². The van der Waals surface area contributed by atoms with E-state index in [1.54, 1.807) is 24.3 Å². The van der Waals surface area contributed by atoms with Gasteiger partial charge in [0.2, 0.25) is 0 Å². The van der Waals surface area contributed by atoms with Crippen molar-refractivity contribution in [1.29, 1.82) is 5.26 Å². The molecular weight excluding hydrogens is 270 g/mol. The van der Waals surface area contributed by atoms with Gasteiger partial charge in [-0.15, -0.1) is 0 Å². The molecule has 0 saturated carbocycles. The Labute approximate surface area is 114 Å². The van der Waals surface area contributed by atoms with Gasteiger partial charge in [-0.25, -0.2) is 8.78 Å². The Morgan fingerprint density at radius 1 is 1.11 bits per heavy atom. The fourth-order valence-electron chi connectivity index (χ4n) is 1.63. The summed E-state index contributed by atoms with van der Waals surface area (Å²) in [5.41, 5.74) is 0.567. The van der Waals surface area contributed by atoms with Crippen molar-refractivity contribution >= 4 is 17.3 Å². The molecule has 19 heavy (non-hydrogen) atoms. The summed E-state index contributed by atoms with van der Waals surface area (Å²) >= 11 is 5.74. The minimum absolute atomic E-state index is 0.0301. The molecule has 0 aliphatic heterocycles. The van der Waals surface area contributed by atoms with Crippen LogP contribution in [0.4, 0.5) is 14.5 Å². The first kappa shape index (κ1) is 13.3. The number of rotatable bonds is 3. The van der Waals surface area contributed by atoms with Gasteiger partial charge in [0.05, 0.1) is 6.07 Å². The Hall–Kier alpha value is -2.12. The highest BCUT2D eigenvalue weighted by atomic mass is 35.5. The smallest absolute Gasteiger partial charge is 0.143 e. The van der Waals surface area contributed by atoms with Crippen molar-refractivity contribution in [3.63, 3.8) is 0 Å². The molecule has 0 aliphatic rings. The van der Waals surface area contributed by atoms with Gasteiger partial charge in [0.1, 0.15) is 17.7 Å². The van der Waals surface area contributed by atoms with Crippen LogP contribution in [0, 0.1) is 23.0 Å². The second kappa shape index (κ2) is 5.68. The van der Waals surface area contributed by atoms with Gasteiger partial charge in [0, 0.05) is 16.3 Å². The van der Waals surface area contributed by atoms with E-state index in [1.165, 1.54) is 0 Å². The van der Waals surface area contributed by atoms with Crippen LogP contribution in [0.25, 0.3) is 0 Å². The number of halogens is 3. The van der Waals surface area contributed by atoms with Gasteiger partial charge < -0.3 is 5.32 Å². The van der Waals surface area contributed by atoms with Crippen LogP contribution in [0.5, 0.6) is 0 Å². The van der Waals surface area contributed by atoms with Crippen molar-refractivity contribution in [3.05, 3.63) is 64.7 Å². The molecule has 5 heteroatoms. The fourth-order valence-corrected chi connectivity index (χ4v) is 1.75. The summed E-state index contributed by atoms with van der Waals surface area (Å²) in [5, 5.41) is 12.4. The van der Waals surface area contributed by atoms with E-state index in [9.17, 15) is 8.78 Å². The number of hydrogen-bond acceptors (Lipinski definition) is 2. The van der Waals surface area contributed by atoms with Crippen molar-refractivity contribution in [1.82, 2.24) is 0 Å². The lowest BCUT2D eigenvalue weighted by Gasteiger charge is -2.14. The van der Waals surface area contributed by atoms with Crippen LogP contribution in [-0.4, -0.2) is 0 Å². The van der Waals surface area contributed by atoms with Gasteiger partial charge in [-0.2, -0.15) is 5.26 Å². The number of nitrogens with zero attached hydrogens (tertiary/aromatic N) is 1. The van der Waals surface area contributed by atoms with Crippen molar-refractivity contribution in [2.45, 2.75) is 6.04 Å². The molecule has 0 aromatic heterocycles. The van der Waals surface area contributed by atoms with Gasteiger partial charge in [0.25, 0.3) is 0 Å². The topological polar surface area (TPSA) is 35.8 Å². The number of benzene rings is 2. The zero-order valence-corrected chi connectivity index (χ0v) is 10.5. The van der Waals surface area contributed by atoms with E-state index in [0.717, 1.165) is 18.2 Å². The molecule has 2 aromatic rings. The number of nitriles is 1. The molecule has 0 amide bonds. The molecule has 0 aliphatic carbocycles. The Balaban J connectivity index is 2.28. The molecule has 0 fully saturated rings. The monoisotopic (exact) mass is 278 g/mol. The molecule has 2 aromatic carbocycles. The summed E-state index contributed by atoms with van der Waals surface area (Å²) in [4.78, 5) is 0. The highest BCUT2D eigenvalue weighted by Crippen LogP contribution is 2.23. The Morgan fingerprint density at radius 3 is 2.42 bits per heavy atom. The third-order valence-corrected chi connectivity index (χ3v) is 2.81. The zero-order chi connectivity index (χ0) is 13.8. The molecule has 0 saturated heterocycles. The lowest BCUT2D eigenvalue weighted by molar-refractivity contribution is 0.583. The first-order chi connectivity index (χ1) is 9.10. The first-order valence-electron chi connectivity index (χ1n) is 5.47. The standard InChI is InChI=1S/C14H9ClF2N2/c15-9-1-4-11(5-2-9)19-14(8-18)12-7-10(16)3-6-13(12)17/h1-7,14,19H. The third-order valence-electron chi connectivity index (χ3n) is 2.55. The van der Waals surface area contributed by atoms with Crippen molar-refractivity contribution in [2.24, 2.45) is 0 Å². The van der Waals surface area contributed by atoms with Gasteiger partial charge in [-0.3, -0.25) is 0 Å². The van der Waals surface area contributed by atoms with Gasteiger partial charge >= 0.3 is 0 Å². The van der Waals surface area contributed by atoms with Crippen LogP contribution in [0.15, 0.2) is 42.5 Å². The lowest BCUT2D eigenvalue weighted by atomic mass is 10.1. The maximum absolute atomic E-state index is 13.6. The molecule has 2 nitrogen and oxygen atoms in total. The van der Waals surface area contributed by atoms with E-state index >= 15 is 0 Å². The SMILES string of the molecule is N#CC(Nc1ccc(Cl)cc1)c1cc(F)ccc1F. The molecule has 0 heterocycles. The summed E-state index contributed by atoms with van der Waals surface area (Å²) in [6.45, 7) is 0. The summed E-state index contributed by atoms with van der Waals surface area (Å²) in [7, 11) is 0. The predicted molar refractivity (Wildman–Crippen MR) is 69.8 cm³/mol. The maximum Gasteiger partial charge on any atom is 0.143 e. The Bertz CT molecular complexity index is 620. The second-order valence-electron chi connectivity index (χ2n) is 3.88. The highest BCUT2D eigenvalue weighted by Gasteiger charge is 2.16. The van der Waals surface area contributed by atoms with Crippen LogP contribution in [0.1, 0.15) is 11.6 Å². The summed E-state index contributed by atoms with van der Waals surface area (Å²) in [6, 6.07) is 10.5. The van der Waals surface area contributed by atoms with Gasteiger partial charge in [-0.1, -0.05) is 11.6 Å². The molecule has 1 atom stereocenters. The largest absolute Gasteiger partial charge is 0.366 e. The van der Waals surface area contributed by atoms with Crippen molar-refractivity contribution in [2.75, 3.05) is 5.32 Å². The second-order valence-corrected chi connectivity index (χ2v) is 4.32. The predicted octanol–water partition coefficient (Wildman–Crippen LogP) is 4.29. The fraction of sp³-hybridized carbons (Fsp3) is 0.0714. The minimum Gasteiger partial charge on any atom is -0.366 e. The van der Waals surface area contributed by atoms with Crippen molar-refractivity contribution in [3.8, 4) is 6.07 Å². The molecule has 2 rings (SSSR count). The average Bonchev–Trinajstić information content (AvgIpc) is 2.41. The van der Waals surface area contributed by atoms with Crippen LogP contribution in [-0.2, 0) is 0 Å². The average molecular weight is 279 g/mol. The molecular formula is C14H9ClF2N2. The van der Waals surface area contributed by atoms with Crippen LogP contribution < -0.4 is 5.32 Å². The van der Waals surface area contributed by atoms with E-state index in [-0.39, 0.29) is 5.56 Å². The highest BCUT2D eigenvalue weighted by molar-refractivity contribution is 6.30. The van der Waals surface area contributed by atoms with Gasteiger partial charge in [0.15, 0.2) is 0 Å². The lowest BCUT2D eigenvalue weighted by Crippen LogP contribution is -2.10. The number of anilines is 1. The van der Waals surface area contributed by atoms with E-state index in [4.69, 9.17) is 16.9 Å². The molecule has 1 unspecified atom stereocenters. The normalized spacial score (nSPS) is 11.7. The van der Waals surface area contributed by atoms with E-state index < -0.39 is 17.7 Å². The molecule has 0 bridgehead atoms. The molecule has 1 N–H and O–H groups in total. The third kappa shape index (κ3) is 3.21. The zero-order valence-electron chi connectivity index (χ0n) is 9.70. The molecule has 96 valence electrons. The Morgan fingerprint density at radius 2 is 1.79 bits per heavy atom. The molecule has 0 spiro atoms. The van der Waals surface area contributed by atoms with Gasteiger partial charge in [-0.05, 0) is 42.5 Å². The number of hydrogen-bond donors (Lipinski definition) is 1. The quantitative estimate of drug-likeness (QED) is 0.909. The maximum atomic E-state index is 13.6. The Kier molecular flexibility index (Phi) is 3.98. The summed E-state index contributed by atoms with van der Waals surface area (Å²) in [5.74, 6) is -1.22. The van der Waals surface area contributed by atoms with Crippen LogP contribution >= 0.6 is 11.6 Å². The summed E-state index contributed by atoms with van der Waals surface area (Å²) in [6.07, 6.45) is 0. The van der Waals surface area contributed by atoms with E-state index in [0.29, 0.717) is 10.7 Å². The molecule has 0 radical (unpaired) electrons. The van der Waals surface area contributed by atoms with Crippen LogP contribution in [0.3, 0.4) is 0 Å². The van der Waals surface area contributed by atoms with Crippen molar-refractivity contribution < 1.29 is 8.78 Å². The first-order valence-corrected chi connectivity index (χ1v) is 5.84. The van der Waals surface area contributed by atoms with E-state index in [1.807, 2.05) is 6.07 Å². The minimum atomic E-state index is -0.975. The summed E-state index contributed by atoms with van der Waals surface area (Å²) < 4.78 is 26.7. The van der Waals surface area contributed by atoms with E-state index in [2.05, 4.69) is 5.32 Å². The number of nitrogens with one attached hydrogen (secondary N) is 1.